The number of benzene rings is 3. The van der Waals surface area contributed by atoms with Crippen LogP contribution in [0.3, 0.4) is 0 Å². The van der Waals surface area contributed by atoms with Gasteiger partial charge in [0.05, 0.1) is 22.0 Å². The molecule has 1 aromatic heterocycles. The Hall–Kier alpha value is -2.99. The van der Waals surface area contributed by atoms with Gasteiger partial charge in [-0.05, 0) is 72.2 Å². The van der Waals surface area contributed by atoms with E-state index in [2.05, 4.69) is 29.6 Å². The van der Waals surface area contributed by atoms with E-state index in [-0.39, 0.29) is 0 Å². The Bertz CT molecular complexity index is 1380. The summed E-state index contributed by atoms with van der Waals surface area (Å²) in [5.41, 5.74) is 5.84. The second-order valence-corrected chi connectivity index (χ2v) is 10.9. The molecule has 0 bridgehead atoms. The molecule has 0 saturated heterocycles. The van der Waals surface area contributed by atoms with Crippen LogP contribution >= 0.6 is 34.5 Å². The summed E-state index contributed by atoms with van der Waals surface area (Å²) < 4.78 is 11.9. The number of carbonyl (C=O) groups excluding carboxylic acids is 1. The van der Waals surface area contributed by atoms with Crippen molar-refractivity contribution < 1.29 is 14.3 Å². The fourth-order valence-electron chi connectivity index (χ4n) is 4.19. The Balaban J connectivity index is 1.35. The van der Waals surface area contributed by atoms with E-state index in [1.807, 2.05) is 37.3 Å². The number of methoxy groups -OCH3 is 1. The SMILES string of the molecule is COc1cc(-c2sc(Cl)cc2NC(=O)OC(C)c2ccc(Cl)cc2)ccc1-c1ccc(C2CC2)cc1. The first-order valence-corrected chi connectivity index (χ1v) is 13.3. The first-order valence-electron chi connectivity index (χ1n) is 11.7. The van der Waals surface area contributed by atoms with Crippen LogP contribution in [0, 0.1) is 0 Å². The maximum Gasteiger partial charge on any atom is 0.412 e. The number of nitrogens with one attached hydrogen (secondary N) is 1. The Kier molecular flexibility index (Phi) is 7.24. The zero-order valence-electron chi connectivity index (χ0n) is 19.9. The van der Waals surface area contributed by atoms with E-state index in [1.165, 1.54) is 29.7 Å². The molecule has 1 atom stereocenters. The molecule has 1 fully saturated rings. The van der Waals surface area contributed by atoms with Crippen LogP contribution in [0.2, 0.25) is 9.36 Å². The standard InChI is InChI=1S/C29H25Cl2NO3S/c1-17(18-9-12-23(30)13-10-18)35-29(33)32-25-16-27(31)36-28(25)22-11-14-24(26(15-22)34-2)21-7-5-20(6-8-21)19-3-4-19/h5-17,19H,3-4H2,1-2H3,(H,32,33). The summed E-state index contributed by atoms with van der Waals surface area (Å²) >= 11 is 13.7. The monoisotopic (exact) mass is 537 g/mol. The number of rotatable bonds is 7. The second kappa shape index (κ2) is 10.6. The quantitative estimate of drug-likeness (QED) is 0.255. The number of hydrogen-bond donors (Lipinski definition) is 1. The predicted molar refractivity (Wildman–Crippen MR) is 149 cm³/mol. The van der Waals surface area contributed by atoms with Crippen molar-refractivity contribution in [2.45, 2.75) is 31.8 Å². The third kappa shape index (κ3) is 5.54. The Morgan fingerprint density at radius 2 is 1.67 bits per heavy atom. The highest BCUT2D eigenvalue weighted by atomic mass is 35.5. The van der Waals surface area contributed by atoms with Gasteiger partial charge in [0.2, 0.25) is 0 Å². The van der Waals surface area contributed by atoms with E-state index in [0.29, 0.717) is 15.0 Å². The molecule has 0 spiro atoms. The second-order valence-electron chi connectivity index (χ2n) is 8.83. The summed E-state index contributed by atoms with van der Waals surface area (Å²) in [7, 11) is 1.66. The van der Waals surface area contributed by atoms with Crippen molar-refractivity contribution in [1.82, 2.24) is 0 Å². The molecule has 1 saturated carbocycles. The van der Waals surface area contributed by atoms with Crippen molar-refractivity contribution in [3.8, 4) is 27.3 Å². The molecule has 1 amide bonds. The third-order valence-corrected chi connectivity index (χ3v) is 7.86. The highest BCUT2D eigenvalue weighted by Gasteiger charge is 2.23. The van der Waals surface area contributed by atoms with Crippen LogP contribution in [0.1, 0.15) is 42.9 Å². The van der Waals surface area contributed by atoms with Crippen molar-refractivity contribution >= 4 is 46.3 Å². The molecule has 3 aromatic carbocycles. The lowest BCUT2D eigenvalue weighted by Gasteiger charge is -2.15. The predicted octanol–water partition coefficient (Wildman–Crippen LogP) is 9.58. The van der Waals surface area contributed by atoms with Gasteiger partial charge >= 0.3 is 6.09 Å². The minimum Gasteiger partial charge on any atom is -0.496 e. The summed E-state index contributed by atoms with van der Waals surface area (Å²) in [5.74, 6) is 1.47. The van der Waals surface area contributed by atoms with Gasteiger partial charge < -0.3 is 9.47 Å². The molecule has 1 unspecified atom stereocenters. The lowest BCUT2D eigenvalue weighted by atomic mass is 9.99. The van der Waals surface area contributed by atoms with E-state index in [0.717, 1.165) is 38.8 Å². The summed E-state index contributed by atoms with van der Waals surface area (Å²) in [4.78, 5) is 13.5. The van der Waals surface area contributed by atoms with E-state index >= 15 is 0 Å². The fourth-order valence-corrected chi connectivity index (χ4v) is 5.50. The Morgan fingerprint density at radius 3 is 2.33 bits per heavy atom. The first kappa shape index (κ1) is 24.7. The van der Waals surface area contributed by atoms with Gasteiger partial charge in [0.1, 0.15) is 11.9 Å². The number of thiophene rings is 1. The van der Waals surface area contributed by atoms with Crippen LogP contribution in [0.5, 0.6) is 5.75 Å². The van der Waals surface area contributed by atoms with Crippen molar-refractivity contribution in [3.05, 3.63) is 93.3 Å². The van der Waals surface area contributed by atoms with Gasteiger partial charge in [-0.25, -0.2) is 4.79 Å². The molecule has 36 heavy (non-hydrogen) atoms. The third-order valence-electron chi connectivity index (χ3n) is 6.30. The molecular formula is C29H25Cl2NO3S. The van der Waals surface area contributed by atoms with Crippen LogP contribution in [0.15, 0.2) is 72.8 Å². The van der Waals surface area contributed by atoms with Gasteiger partial charge in [-0.15, -0.1) is 11.3 Å². The molecule has 7 heteroatoms. The van der Waals surface area contributed by atoms with E-state index in [1.54, 1.807) is 25.3 Å². The van der Waals surface area contributed by atoms with Gasteiger partial charge in [-0.1, -0.05) is 71.7 Å². The van der Waals surface area contributed by atoms with E-state index in [9.17, 15) is 4.79 Å². The number of anilines is 1. The van der Waals surface area contributed by atoms with Crippen molar-refractivity contribution in [2.24, 2.45) is 0 Å². The topological polar surface area (TPSA) is 47.6 Å². The Morgan fingerprint density at radius 1 is 0.972 bits per heavy atom. The minimum atomic E-state index is -0.562. The van der Waals surface area contributed by atoms with Crippen LogP contribution in [0.4, 0.5) is 10.5 Å². The van der Waals surface area contributed by atoms with Crippen LogP contribution in [-0.2, 0) is 4.74 Å². The normalized spacial score (nSPS) is 13.8. The molecule has 1 aliphatic rings. The van der Waals surface area contributed by atoms with Crippen molar-refractivity contribution in [3.63, 3.8) is 0 Å². The summed E-state index contributed by atoms with van der Waals surface area (Å²) in [5, 5.41) is 3.48. The lowest BCUT2D eigenvalue weighted by molar-refractivity contribution is 0.121. The maximum absolute atomic E-state index is 12.7. The van der Waals surface area contributed by atoms with E-state index in [4.69, 9.17) is 32.7 Å². The number of amides is 1. The number of halogens is 2. The van der Waals surface area contributed by atoms with Crippen LogP contribution in [0.25, 0.3) is 21.6 Å². The average Bonchev–Trinajstić information content (AvgIpc) is 3.67. The summed E-state index contributed by atoms with van der Waals surface area (Å²) in [6.07, 6.45) is 1.56. The minimum absolute atomic E-state index is 0.439. The van der Waals surface area contributed by atoms with Crippen LogP contribution < -0.4 is 10.1 Å². The first-order chi connectivity index (χ1) is 17.4. The van der Waals surface area contributed by atoms with Gasteiger partial charge in [-0.2, -0.15) is 0 Å². The fraction of sp³-hybridized carbons (Fsp3) is 0.207. The zero-order chi connectivity index (χ0) is 25.2. The average molecular weight is 538 g/mol. The summed E-state index contributed by atoms with van der Waals surface area (Å²) in [6, 6.07) is 23.7. The summed E-state index contributed by atoms with van der Waals surface area (Å²) in [6.45, 7) is 1.81. The lowest BCUT2D eigenvalue weighted by Crippen LogP contribution is -2.16. The Labute approximate surface area is 224 Å². The van der Waals surface area contributed by atoms with Crippen LogP contribution in [-0.4, -0.2) is 13.2 Å². The molecule has 5 rings (SSSR count). The molecule has 0 radical (unpaired) electrons. The van der Waals surface area contributed by atoms with Gasteiger partial charge in [0.15, 0.2) is 0 Å². The zero-order valence-corrected chi connectivity index (χ0v) is 22.2. The number of ether oxygens (including phenoxy) is 2. The van der Waals surface area contributed by atoms with Gasteiger partial charge in [-0.3, -0.25) is 5.32 Å². The number of carbonyl (C=O) groups is 1. The molecule has 1 aliphatic carbocycles. The van der Waals surface area contributed by atoms with Gasteiger partial charge in [0.25, 0.3) is 0 Å². The van der Waals surface area contributed by atoms with Crippen molar-refractivity contribution in [1.29, 1.82) is 0 Å². The molecule has 1 N–H and O–H groups in total. The maximum atomic E-state index is 12.7. The molecule has 4 aromatic rings. The van der Waals surface area contributed by atoms with Crippen molar-refractivity contribution in [2.75, 3.05) is 12.4 Å². The molecular weight excluding hydrogens is 513 g/mol. The molecule has 184 valence electrons. The highest BCUT2D eigenvalue weighted by molar-refractivity contribution is 7.20. The molecule has 0 aliphatic heterocycles. The number of hydrogen-bond acceptors (Lipinski definition) is 4. The van der Waals surface area contributed by atoms with E-state index < -0.39 is 12.2 Å². The van der Waals surface area contributed by atoms with Gasteiger partial charge in [0, 0.05) is 10.6 Å². The largest absolute Gasteiger partial charge is 0.496 e. The smallest absolute Gasteiger partial charge is 0.412 e. The molecule has 4 nitrogen and oxygen atoms in total. The highest BCUT2D eigenvalue weighted by Crippen LogP contribution is 2.44. The molecule has 1 heterocycles.